The first-order valence-electron chi connectivity index (χ1n) is 8.46. The molecule has 0 bridgehead atoms. The van der Waals surface area contributed by atoms with Crippen molar-refractivity contribution in [1.29, 1.82) is 0 Å². The number of nitrogens with two attached hydrogens (primary N) is 1. The van der Waals surface area contributed by atoms with Crippen LogP contribution in [0.4, 0.5) is 0 Å². The fraction of sp³-hybridized carbons (Fsp3) is 0.611. The molecule has 1 amide bonds. The fourth-order valence-electron chi connectivity index (χ4n) is 2.87. The largest absolute Gasteiger partial charge is 0.379 e. The van der Waals surface area contributed by atoms with Gasteiger partial charge in [-0.05, 0) is 12.5 Å². The highest BCUT2D eigenvalue weighted by atomic mass is 16.5. The molecule has 1 fully saturated rings. The molecule has 2 rings (SSSR count). The molecule has 1 aromatic rings. The molecule has 1 aromatic carbocycles. The molecular weight excluding hydrogens is 290 g/mol. The number of hydrogen-bond acceptors (Lipinski definition) is 4. The molecule has 23 heavy (non-hydrogen) atoms. The van der Waals surface area contributed by atoms with Crippen LogP contribution in [0.3, 0.4) is 0 Å². The number of hydrogen-bond donors (Lipinski definition) is 1. The third-order valence-electron chi connectivity index (χ3n) is 4.41. The van der Waals surface area contributed by atoms with E-state index in [2.05, 4.69) is 24.0 Å². The minimum absolute atomic E-state index is 0.136. The van der Waals surface area contributed by atoms with E-state index in [1.807, 2.05) is 30.0 Å². The Labute approximate surface area is 139 Å². The minimum Gasteiger partial charge on any atom is -0.379 e. The van der Waals surface area contributed by atoms with Crippen molar-refractivity contribution in [1.82, 2.24) is 9.80 Å². The Kier molecular flexibility index (Phi) is 7.02. The van der Waals surface area contributed by atoms with E-state index in [4.69, 9.17) is 10.5 Å². The zero-order chi connectivity index (χ0) is 16.7. The highest BCUT2D eigenvalue weighted by molar-refractivity contribution is 5.79. The van der Waals surface area contributed by atoms with Crippen molar-refractivity contribution in [2.75, 3.05) is 39.4 Å². The van der Waals surface area contributed by atoms with Crippen molar-refractivity contribution in [2.45, 2.75) is 26.4 Å². The number of rotatable bonds is 7. The summed E-state index contributed by atoms with van der Waals surface area (Å²) in [5.74, 6) is -0.0111. The molecule has 1 saturated heterocycles. The second-order valence-electron chi connectivity index (χ2n) is 6.35. The first-order chi connectivity index (χ1) is 11.1. The SMILES string of the molecule is CC(CN)C(=O)N(Cc1ccccc1)C(C)CN1CCOCC1. The van der Waals surface area contributed by atoms with Crippen LogP contribution >= 0.6 is 0 Å². The van der Waals surface area contributed by atoms with Crippen LogP contribution in [0, 0.1) is 5.92 Å². The van der Waals surface area contributed by atoms with Gasteiger partial charge in [0.15, 0.2) is 0 Å². The van der Waals surface area contributed by atoms with Crippen LogP contribution in [0.2, 0.25) is 0 Å². The Balaban J connectivity index is 2.06. The summed E-state index contributed by atoms with van der Waals surface area (Å²) in [5, 5.41) is 0. The van der Waals surface area contributed by atoms with E-state index in [0.29, 0.717) is 13.1 Å². The number of carbonyl (C=O) groups is 1. The molecule has 0 saturated carbocycles. The van der Waals surface area contributed by atoms with Gasteiger partial charge in [0.2, 0.25) is 5.91 Å². The summed E-state index contributed by atoms with van der Waals surface area (Å²) in [6.07, 6.45) is 0. The predicted molar refractivity (Wildman–Crippen MR) is 91.9 cm³/mol. The Morgan fingerprint density at radius 2 is 1.91 bits per heavy atom. The summed E-state index contributed by atoms with van der Waals surface area (Å²) in [5.41, 5.74) is 6.87. The summed E-state index contributed by atoms with van der Waals surface area (Å²) >= 11 is 0. The van der Waals surface area contributed by atoms with Gasteiger partial charge in [-0.2, -0.15) is 0 Å². The lowest BCUT2D eigenvalue weighted by Gasteiger charge is -2.36. The molecule has 0 radical (unpaired) electrons. The third kappa shape index (κ3) is 5.30. The number of amides is 1. The minimum atomic E-state index is -0.147. The van der Waals surface area contributed by atoms with Crippen LogP contribution in [0.5, 0.6) is 0 Å². The molecule has 2 unspecified atom stereocenters. The van der Waals surface area contributed by atoms with E-state index in [9.17, 15) is 4.79 Å². The van der Waals surface area contributed by atoms with Crippen molar-refractivity contribution in [3.63, 3.8) is 0 Å². The second-order valence-corrected chi connectivity index (χ2v) is 6.35. The van der Waals surface area contributed by atoms with Gasteiger partial charge in [0.25, 0.3) is 0 Å². The van der Waals surface area contributed by atoms with Crippen molar-refractivity contribution < 1.29 is 9.53 Å². The maximum Gasteiger partial charge on any atom is 0.227 e. The average Bonchev–Trinajstić information content (AvgIpc) is 2.60. The lowest BCUT2D eigenvalue weighted by atomic mass is 10.1. The normalized spacial score (nSPS) is 18.4. The number of ether oxygens (including phenoxy) is 1. The molecule has 0 spiro atoms. The van der Waals surface area contributed by atoms with Crippen molar-refractivity contribution in [3.8, 4) is 0 Å². The Hall–Kier alpha value is -1.43. The summed E-state index contributed by atoms with van der Waals surface area (Å²) in [7, 11) is 0. The van der Waals surface area contributed by atoms with E-state index < -0.39 is 0 Å². The van der Waals surface area contributed by atoms with Gasteiger partial charge < -0.3 is 15.4 Å². The zero-order valence-electron chi connectivity index (χ0n) is 14.3. The lowest BCUT2D eigenvalue weighted by molar-refractivity contribution is -0.138. The van der Waals surface area contributed by atoms with Crippen molar-refractivity contribution in [3.05, 3.63) is 35.9 Å². The molecule has 0 aromatic heterocycles. The van der Waals surface area contributed by atoms with E-state index in [0.717, 1.165) is 38.4 Å². The molecule has 5 heteroatoms. The standard InChI is InChI=1S/C18H29N3O2/c1-15(12-19)18(22)21(14-17-6-4-3-5-7-17)16(2)13-20-8-10-23-11-9-20/h3-7,15-16H,8-14,19H2,1-2H3. The highest BCUT2D eigenvalue weighted by Gasteiger charge is 2.26. The Morgan fingerprint density at radius 1 is 1.26 bits per heavy atom. The Morgan fingerprint density at radius 3 is 2.52 bits per heavy atom. The predicted octanol–water partition coefficient (Wildman–Crippen LogP) is 1.33. The fourth-order valence-corrected chi connectivity index (χ4v) is 2.87. The molecule has 0 aliphatic carbocycles. The number of benzene rings is 1. The molecule has 1 heterocycles. The van der Waals surface area contributed by atoms with Gasteiger partial charge in [-0.15, -0.1) is 0 Å². The molecular formula is C18H29N3O2. The summed E-state index contributed by atoms with van der Waals surface area (Å²) in [6.45, 7) is 9.34. The lowest BCUT2D eigenvalue weighted by Crippen LogP contribution is -2.49. The number of morpholine rings is 1. The monoisotopic (exact) mass is 319 g/mol. The number of carbonyl (C=O) groups excluding carboxylic acids is 1. The van der Waals surface area contributed by atoms with E-state index in [1.165, 1.54) is 0 Å². The summed E-state index contributed by atoms with van der Waals surface area (Å²) < 4.78 is 5.40. The van der Waals surface area contributed by atoms with Crippen molar-refractivity contribution >= 4 is 5.91 Å². The van der Waals surface area contributed by atoms with Gasteiger partial charge in [0.1, 0.15) is 0 Å². The first kappa shape index (κ1) is 17.9. The van der Waals surface area contributed by atoms with E-state index >= 15 is 0 Å². The van der Waals surface area contributed by atoms with Gasteiger partial charge in [-0.25, -0.2) is 0 Å². The van der Waals surface area contributed by atoms with Crippen LogP contribution < -0.4 is 5.73 Å². The van der Waals surface area contributed by atoms with Crippen LogP contribution in [0.1, 0.15) is 19.4 Å². The van der Waals surface area contributed by atoms with Crippen LogP contribution in [0.25, 0.3) is 0 Å². The topological polar surface area (TPSA) is 58.8 Å². The zero-order valence-corrected chi connectivity index (χ0v) is 14.3. The van der Waals surface area contributed by atoms with Crippen molar-refractivity contribution in [2.24, 2.45) is 11.7 Å². The van der Waals surface area contributed by atoms with Crippen LogP contribution in [-0.2, 0) is 16.1 Å². The molecule has 128 valence electrons. The Bertz CT molecular complexity index is 474. The number of nitrogens with zero attached hydrogens (tertiary/aromatic N) is 2. The van der Waals surface area contributed by atoms with Gasteiger partial charge in [-0.1, -0.05) is 37.3 Å². The van der Waals surface area contributed by atoms with Gasteiger partial charge >= 0.3 is 0 Å². The quantitative estimate of drug-likeness (QED) is 0.824. The summed E-state index contributed by atoms with van der Waals surface area (Å²) in [6, 6.07) is 10.3. The van der Waals surface area contributed by atoms with Gasteiger partial charge in [-0.3, -0.25) is 9.69 Å². The first-order valence-corrected chi connectivity index (χ1v) is 8.46. The van der Waals surface area contributed by atoms with Crippen LogP contribution in [-0.4, -0.2) is 61.1 Å². The second kappa shape index (κ2) is 9.01. The third-order valence-corrected chi connectivity index (χ3v) is 4.41. The molecule has 5 nitrogen and oxygen atoms in total. The van der Waals surface area contributed by atoms with Crippen LogP contribution in [0.15, 0.2) is 30.3 Å². The molecule has 1 aliphatic rings. The smallest absolute Gasteiger partial charge is 0.227 e. The van der Waals surface area contributed by atoms with Gasteiger partial charge in [0, 0.05) is 44.7 Å². The molecule has 2 atom stereocenters. The molecule has 1 aliphatic heterocycles. The average molecular weight is 319 g/mol. The van der Waals surface area contributed by atoms with E-state index in [1.54, 1.807) is 0 Å². The van der Waals surface area contributed by atoms with Gasteiger partial charge in [0.05, 0.1) is 13.2 Å². The maximum absolute atomic E-state index is 12.8. The molecule has 2 N–H and O–H groups in total. The highest BCUT2D eigenvalue weighted by Crippen LogP contribution is 2.14. The van der Waals surface area contributed by atoms with E-state index in [-0.39, 0.29) is 17.9 Å². The maximum atomic E-state index is 12.8. The summed E-state index contributed by atoms with van der Waals surface area (Å²) in [4.78, 5) is 17.1.